The van der Waals surface area contributed by atoms with Gasteiger partial charge in [0.05, 0.1) is 18.1 Å². The quantitative estimate of drug-likeness (QED) is 0.422. The van der Waals surface area contributed by atoms with Gasteiger partial charge in [0.1, 0.15) is 12.8 Å². The molecule has 0 radical (unpaired) electrons. The smallest absolute Gasteiger partial charge is 0.357 e. The Labute approximate surface area is 147 Å². The van der Waals surface area contributed by atoms with Crippen LogP contribution in [0.15, 0.2) is 34.2 Å². The van der Waals surface area contributed by atoms with Crippen molar-refractivity contribution in [2.45, 2.75) is 6.54 Å². The first-order valence-electron chi connectivity index (χ1n) is 7.33. The van der Waals surface area contributed by atoms with Crippen LogP contribution in [0.3, 0.4) is 0 Å². The lowest BCUT2D eigenvalue weighted by molar-refractivity contribution is 0.0682. The number of carboxylic acids is 2. The van der Waals surface area contributed by atoms with Crippen molar-refractivity contribution in [1.29, 1.82) is 0 Å². The van der Waals surface area contributed by atoms with Crippen molar-refractivity contribution in [2.24, 2.45) is 0 Å². The summed E-state index contributed by atoms with van der Waals surface area (Å²) in [6.45, 7) is -0.0289. The zero-order chi connectivity index (χ0) is 19.1. The molecule has 3 N–H and O–H groups in total. The first-order valence-corrected chi connectivity index (χ1v) is 7.33. The molecule has 0 aliphatic heterocycles. The van der Waals surface area contributed by atoms with E-state index in [2.05, 4.69) is 25.0 Å². The number of rotatable bonds is 5. The second-order valence-corrected chi connectivity index (χ2v) is 5.34. The van der Waals surface area contributed by atoms with E-state index in [9.17, 15) is 14.4 Å². The third kappa shape index (κ3) is 2.82. The lowest BCUT2D eigenvalue weighted by atomic mass is 10.4. The predicted molar refractivity (Wildman–Crippen MR) is 84.8 cm³/mol. The summed E-state index contributed by atoms with van der Waals surface area (Å²) in [7, 11) is 0. The number of carbonyl (C=O) groups is 2. The number of aromatic nitrogens is 7. The third-order valence-electron chi connectivity index (χ3n) is 3.59. The van der Waals surface area contributed by atoms with Crippen LogP contribution in [0.2, 0.25) is 0 Å². The molecule has 0 bridgehead atoms. The van der Waals surface area contributed by atoms with Crippen molar-refractivity contribution in [1.82, 2.24) is 34.3 Å². The zero-order valence-corrected chi connectivity index (χ0v) is 13.2. The van der Waals surface area contributed by atoms with Gasteiger partial charge in [0.2, 0.25) is 11.8 Å². The van der Waals surface area contributed by atoms with E-state index < -0.39 is 17.5 Å². The van der Waals surface area contributed by atoms with Gasteiger partial charge in [0, 0.05) is 6.20 Å². The molecule has 0 atom stereocenters. The fraction of sp³-hybridized carbons (Fsp3) is 0.0714. The highest BCUT2D eigenvalue weighted by molar-refractivity contribution is 5.87. The molecule has 4 aromatic rings. The SMILES string of the molecule is O=C(O)c1cnn(-c2nc3ncn(Cc4nc(C(=O)O)co4)c3c(=O)[nH]2)c1. The minimum absolute atomic E-state index is 0.00506. The van der Waals surface area contributed by atoms with Crippen LogP contribution in [0.25, 0.3) is 17.1 Å². The number of aromatic amines is 1. The normalized spacial score (nSPS) is 11.1. The molecule has 136 valence electrons. The summed E-state index contributed by atoms with van der Waals surface area (Å²) in [6, 6.07) is 0. The van der Waals surface area contributed by atoms with Crippen LogP contribution in [-0.2, 0) is 6.54 Å². The highest BCUT2D eigenvalue weighted by atomic mass is 16.4. The zero-order valence-electron chi connectivity index (χ0n) is 13.2. The first kappa shape index (κ1) is 16.2. The van der Waals surface area contributed by atoms with Crippen molar-refractivity contribution in [3.63, 3.8) is 0 Å². The van der Waals surface area contributed by atoms with Crippen molar-refractivity contribution >= 4 is 23.1 Å². The number of H-pyrrole nitrogens is 1. The Morgan fingerprint density at radius 2 is 2.04 bits per heavy atom. The fourth-order valence-electron chi connectivity index (χ4n) is 2.38. The minimum atomic E-state index is -1.23. The van der Waals surface area contributed by atoms with Crippen LogP contribution in [0.5, 0.6) is 0 Å². The van der Waals surface area contributed by atoms with Crippen LogP contribution in [0.4, 0.5) is 0 Å². The number of nitrogens with zero attached hydrogens (tertiary/aromatic N) is 6. The number of aromatic carboxylic acids is 2. The van der Waals surface area contributed by atoms with Gasteiger partial charge in [-0.25, -0.2) is 24.2 Å². The molecule has 0 unspecified atom stereocenters. The lowest BCUT2D eigenvalue weighted by Gasteiger charge is -2.02. The molecule has 13 heteroatoms. The van der Waals surface area contributed by atoms with Gasteiger partial charge in [0.15, 0.2) is 16.9 Å². The van der Waals surface area contributed by atoms with Crippen LogP contribution in [0.1, 0.15) is 26.7 Å². The molecule has 4 rings (SSSR count). The second kappa shape index (κ2) is 5.91. The maximum Gasteiger partial charge on any atom is 0.357 e. The second-order valence-electron chi connectivity index (χ2n) is 5.34. The maximum absolute atomic E-state index is 12.4. The molecule has 13 nitrogen and oxygen atoms in total. The van der Waals surface area contributed by atoms with Gasteiger partial charge in [-0.1, -0.05) is 0 Å². The van der Waals surface area contributed by atoms with Gasteiger partial charge in [-0.05, 0) is 0 Å². The van der Waals surface area contributed by atoms with E-state index in [1.807, 2.05) is 0 Å². The number of carboxylic acid groups (broad SMARTS) is 2. The Balaban J connectivity index is 1.71. The molecule has 0 aromatic carbocycles. The topological polar surface area (TPSA) is 182 Å². The van der Waals surface area contributed by atoms with E-state index in [-0.39, 0.29) is 40.8 Å². The minimum Gasteiger partial charge on any atom is -0.478 e. The van der Waals surface area contributed by atoms with E-state index in [0.29, 0.717) is 0 Å². The van der Waals surface area contributed by atoms with Gasteiger partial charge < -0.3 is 19.2 Å². The number of hydrogen-bond donors (Lipinski definition) is 3. The number of imidazole rings is 1. The maximum atomic E-state index is 12.4. The van der Waals surface area contributed by atoms with Crippen molar-refractivity contribution in [2.75, 3.05) is 0 Å². The number of fused-ring (bicyclic) bond motifs is 1. The van der Waals surface area contributed by atoms with Crippen molar-refractivity contribution < 1.29 is 24.2 Å². The molecule has 0 aliphatic rings. The molecule has 0 spiro atoms. The lowest BCUT2D eigenvalue weighted by Crippen LogP contribution is -2.16. The van der Waals surface area contributed by atoms with Gasteiger partial charge >= 0.3 is 11.9 Å². The average molecular weight is 371 g/mol. The Bertz CT molecular complexity index is 1250. The summed E-state index contributed by atoms with van der Waals surface area (Å²) in [5.74, 6) is -2.33. The number of nitrogens with one attached hydrogen (secondary N) is 1. The van der Waals surface area contributed by atoms with Crippen molar-refractivity contribution in [3.05, 3.63) is 52.5 Å². The molecule has 4 aromatic heterocycles. The van der Waals surface area contributed by atoms with Gasteiger partial charge in [-0.3, -0.25) is 9.78 Å². The van der Waals surface area contributed by atoms with Gasteiger partial charge in [0.25, 0.3) is 5.56 Å². The van der Waals surface area contributed by atoms with Gasteiger partial charge in [-0.15, -0.1) is 0 Å². The fourth-order valence-corrected chi connectivity index (χ4v) is 2.38. The third-order valence-corrected chi connectivity index (χ3v) is 3.59. The van der Waals surface area contributed by atoms with E-state index in [4.69, 9.17) is 14.6 Å². The van der Waals surface area contributed by atoms with Crippen LogP contribution < -0.4 is 5.56 Å². The molecule has 0 fully saturated rings. The van der Waals surface area contributed by atoms with E-state index in [1.165, 1.54) is 17.1 Å². The standard InChI is InChI=1S/C14H9N7O6/c22-11-9-10(18-14(19-11)21-2-6(1-16-21)12(23)24)15-5-20(9)3-8-17-7(4-27-8)13(25)26/h1-2,4-5H,3H2,(H,23,24)(H,25,26)(H,18,19,22). The molecular weight excluding hydrogens is 362 g/mol. The summed E-state index contributed by atoms with van der Waals surface area (Å²) in [6.07, 6.45) is 4.64. The summed E-state index contributed by atoms with van der Waals surface area (Å²) in [5.41, 5.74) is -0.673. The predicted octanol–water partition coefficient (Wildman–Crippen LogP) is -0.262. The number of hydrogen-bond acceptors (Lipinski definition) is 8. The molecule has 0 aliphatic carbocycles. The monoisotopic (exact) mass is 371 g/mol. The summed E-state index contributed by atoms with van der Waals surface area (Å²) in [4.78, 5) is 48.7. The van der Waals surface area contributed by atoms with E-state index in [1.54, 1.807) is 0 Å². The van der Waals surface area contributed by atoms with E-state index in [0.717, 1.165) is 17.1 Å². The largest absolute Gasteiger partial charge is 0.478 e. The van der Waals surface area contributed by atoms with Crippen LogP contribution in [0, 0.1) is 0 Å². The highest BCUT2D eigenvalue weighted by Crippen LogP contribution is 2.11. The Kier molecular flexibility index (Phi) is 3.54. The molecule has 0 amide bonds. The Hall–Kier alpha value is -4.29. The molecular formula is C14H9N7O6. The highest BCUT2D eigenvalue weighted by Gasteiger charge is 2.16. The van der Waals surface area contributed by atoms with Crippen LogP contribution in [-0.4, -0.2) is 56.4 Å². The average Bonchev–Trinajstić information content (AvgIpc) is 3.34. The van der Waals surface area contributed by atoms with Crippen LogP contribution >= 0.6 is 0 Å². The number of oxazole rings is 1. The molecule has 27 heavy (non-hydrogen) atoms. The Morgan fingerprint density at radius 3 is 2.70 bits per heavy atom. The van der Waals surface area contributed by atoms with Crippen molar-refractivity contribution in [3.8, 4) is 5.95 Å². The molecule has 0 saturated heterocycles. The molecule has 0 saturated carbocycles. The summed E-state index contributed by atoms with van der Waals surface area (Å²) < 4.78 is 7.57. The first-order chi connectivity index (χ1) is 12.9. The molecule has 4 heterocycles. The summed E-state index contributed by atoms with van der Waals surface area (Å²) in [5, 5.41) is 21.6. The van der Waals surface area contributed by atoms with Gasteiger partial charge in [-0.2, -0.15) is 10.1 Å². The van der Waals surface area contributed by atoms with E-state index >= 15 is 0 Å². The summed E-state index contributed by atoms with van der Waals surface area (Å²) >= 11 is 0. The Morgan fingerprint density at radius 1 is 1.22 bits per heavy atom.